The van der Waals surface area contributed by atoms with Crippen molar-refractivity contribution >= 4 is 11.6 Å². The lowest BCUT2D eigenvalue weighted by atomic mass is 10.1. The quantitative estimate of drug-likeness (QED) is 0.867. The Kier molecular flexibility index (Phi) is 4.13. The zero-order chi connectivity index (χ0) is 17.3. The number of rotatable bonds is 4. The monoisotopic (exact) mass is 336 g/mol. The summed E-state index contributed by atoms with van der Waals surface area (Å²) in [6.45, 7) is -0.520. The van der Waals surface area contributed by atoms with E-state index < -0.39 is 12.5 Å². The average molecular weight is 336 g/mol. The van der Waals surface area contributed by atoms with Crippen molar-refractivity contribution in [1.29, 1.82) is 0 Å². The van der Waals surface area contributed by atoms with Crippen LogP contribution in [0.2, 0.25) is 0 Å². The molecule has 0 spiro atoms. The number of benzene rings is 1. The van der Waals surface area contributed by atoms with Gasteiger partial charge in [0.2, 0.25) is 5.91 Å². The third-order valence-electron chi connectivity index (χ3n) is 3.95. The van der Waals surface area contributed by atoms with Gasteiger partial charge in [-0.15, -0.1) is 0 Å². The van der Waals surface area contributed by atoms with Gasteiger partial charge in [-0.25, -0.2) is 8.78 Å². The standard InChI is InChI=1S/C16H18F2N4O2/c1-24-14-5-11(4-13(19)6-14)12-7-20-22(8-12)9-15(23)21-3-2-16(17,18)10-21/h4-8H,2-3,9-10,19H2,1H3. The van der Waals surface area contributed by atoms with E-state index in [4.69, 9.17) is 10.5 Å². The SMILES string of the molecule is COc1cc(N)cc(-c2cnn(CC(=O)N3CCC(F)(F)C3)c2)c1. The van der Waals surface area contributed by atoms with E-state index in [1.54, 1.807) is 37.7 Å². The summed E-state index contributed by atoms with van der Waals surface area (Å²) in [6.07, 6.45) is 2.99. The van der Waals surface area contributed by atoms with E-state index in [0.717, 1.165) is 11.1 Å². The first-order valence-electron chi connectivity index (χ1n) is 7.49. The summed E-state index contributed by atoms with van der Waals surface area (Å²) < 4.78 is 33.0. The van der Waals surface area contributed by atoms with Crippen molar-refractivity contribution in [1.82, 2.24) is 14.7 Å². The smallest absolute Gasteiger partial charge is 0.267 e. The Hall–Kier alpha value is -2.64. The van der Waals surface area contributed by atoms with E-state index in [-0.39, 0.29) is 25.4 Å². The Labute approximate surface area is 137 Å². The number of nitrogen functional groups attached to an aromatic ring is 1. The summed E-state index contributed by atoms with van der Waals surface area (Å²) >= 11 is 0. The zero-order valence-corrected chi connectivity index (χ0v) is 13.2. The Balaban J connectivity index is 1.72. The topological polar surface area (TPSA) is 73.4 Å². The molecule has 0 atom stereocenters. The van der Waals surface area contributed by atoms with Crippen molar-refractivity contribution in [3.8, 4) is 16.9 Å². The molecular formula is C16H18F2N4O2. The number of likely N-dealkylation sites (tertiary alicyclic amines) is 1. The maximum absolute atomic E-state index is 13.2. The van der Waals surface area contributed by atoms with E-state index in [9.17, 15) is 13.6 Å². The Morgan fingerprint density at radius 1 is 1.38 bits per heavy atom. The molecule has 128 valence electrons. The highest BCUT2D eigenvalue weighted by Gasteiger charge is 2.40. The van der Waals surface area contributed by atoms with Crippen LogP contribution < -0.4 is 10.5 Å². The van der Waals surface area contributed by atoms with Gasteiger partial charge in [0.1, 0.15) is 12.3 Å². The second-order valence-corrected chi connectivity index (χ2v) is 5.84. The van der Waals surface area contributed by atoms with Crippen molar-refractivity contribution in [2.45, 2.75) is 18.9 Å². The van der Waals surface area contributed by atoms with Crippen LogP contribution >= 0.6 is 0 Å². The highest BCUT2D eigenvalue weighted by atomic mass is 19.3. The van der Waals surface area contributed by atoms with Gasteiger partial charge < -0.3 is 15.4 Å². The molecule has 0 saturated carbocycles. The van der Waals surface area contributed by atoms with Crippen molar-refractivity contribution < 1.29 is 18.3 Å². The molecule has 1 fully saturated rings. The van der Waals surface area contributed by atoms with Crippen LogP contribution in [0, 0.1) is 0 Å². The molecule has 1 amide bonds. The minimum absolute atomic E-state index is 0.0739. The first-order chi connectivity index (χ1) is 11.4. The third-order valence-corrected chi connectivity index (χ3v) is 3.95. The van der Waals surface area contributed by atoms with Gasteiger partial charge in [-0.05, 0) is 17.7 Å². The highest BCUT2D eigenvalue weighted by Crippen LogP contribution is 2.28. The number of amides is 1. The number of methoxy groups -OCH3 is 1. The molecule has 24 heavy (non-hydrogen) atoms. The average Bonchev–Trinajstić information content (AvgIpc) is 3.13. The number of hydrogen-bond acceptors (Lipinski definition) is 4. The molecule has 2 N–H and O–H groups in total. The number of aromatic nitrogens is 2. The first-order valence-corrected chi connectivity index (χ1v) is 7.49. The Morgan fingerprint density at radius 2 is 2.17 bits per heavy atom. The molecule has 1 aliphatic rings. The molecule has 1 aromatic carbocycles. The molecular weight excluding hydrogens is 318 g/mol. The van der Waals surface area contributed by atoms with Crippen LogP contribution in [-0.4, -0.2) is 46.7 Å². The molecule has 1 aromatic heterocycles. The lowest BCUT2D eigenvalue weighted by Crippen LogP contribution is -2.34. The number of nitrogens with two attached hydrogens (primary N) is 1. The Morgan fingerprint density at radius 3 is 2.83 bits per heavy atom. The molecule has 1 saturated heterocycles. The van der Waals surface area contributed by atoms with Gasteiger partial charge in [0.25, 0.3) is 5.92 Å². The normalized spacial score (nSPS) is 16.4. The maximum Gasteiger partial charge on any atom is 0.267 e. The van der Waals surface area contributed by atoms with Crippen LogP contribution in [0.3, 0.4) is 0 Å². The summed E-state index contributed by atoms with van der Waals surface area (Å²) in [7, 11) is 1.55. The fourth-order valence-corrected chi connectivity index (χ4v) is 2.69. The van der Waals surface area contributed by atoms with Gasteiger partial charge in [0, 0.05) is 36.5 Å². The molecule has 0 bridgehead atoms. The van der Waals surface area contributed by atoms with E-state index in [1.807, 2.05) is 0 Å². The molecule has 2 heterocycles. The van der Waals surface area contributed by atoms with Crippen LogP contribution in [0.1, 0.15) is 6.42 Å². The van der Waals surface area contributed by atoms with E-state index in [1.165, 1.54) is 9.58 Å². The van der Waals surface area contributed by atoms with Gasteiger partial charge >= 0.3 is 0 Å². The second-order valence-electron chi connectivity index (χ2n) is 5.84. The van der Waals surface area contributed by atoms with Gasteiger partial charge in [-0.1, -0.05) is 0 Å². The van der Waals surface area contributed by atoms with Gasteiger partial charge in [-0.2, -0.15) is 5.10 Å². The van der Waals surface area contributed by atoms with Crippen LogP contribution in [0.4, 0.5) is 14.5 Å². The number of alkyl halides is 2. The van der Waals surface area contributed by atoms with Crippen molar-refractivity contribution in [2.24, 2.45) is 0 Å². The van der Waals surface area contributed by atoms with Crippen molar-refractivity contribution in [3.63, 3.8) is 0 Å². The third kappa shape index (κ3) is 3.47. The van der Waals surface area contributed by atoms with E-state index in [2.05, 4.69) is 5.10 Å². The van der Waals surface area contributed by atoms with Gasteiger partial charge in [0.15, 0.2) is 0 Å². The number of carbonyl (C=O) groups is 1. The van der Waals surface area contributed by atoms with Crippen LogP contribution in [0.15, 0.2) is 30.6 Å². The molecule has 2 aromatic rings. The number of anilines is 1. The molecule has 6 nitrogen and oxygen atoms in total. The molecule has 1 aliphatic heterocycles. The fraction of sp³-hybridized carbons (Fsp3) is 0.375. The summed E-state index contributed by atoms with van der Waals surface area (Å²) in [5.74, 6) is -2.54. The number of halogens is 2. The van der Waals surface area contributed by atoms with Crippen LogP contribution in [0.5, 0.6) is 5.75 Å². The largest absolute Gasteiger partial charge is 0.497 e. The maximum atomic E-state index is 13.2. The van der Waals surface area contributed by atoms with Gasteiger partial charge in [0.05, 0.1) is 19.9 Å². The summed E-state index contributed by atoms with van der Waals surface area (Å²) in [5, 5.41) is 4.13. The minimum atomic E-state index is -2.79. The van der Waals surface area contributed by atoms with Crippen LogP contribution in [-0.2, 0) is 11.3 Å². The predicted octanol–water partition coefficient (Wildman–Crippen LogP) is 2.01. The molecule has 0 radical (unpaired) electrons. The number of carbonyl (C=O) groups excluding carboxylic acids is 1. The first kappa shape index (κ1) is 16.2. The van der Waals surface area contributed by atoms with E-state index >= 15 is 0 Å². The lowest BCUT2D eigenvalue weighted by molar-refractivity contribution is -0.132. The van der Waals surface area contributed by atoms with Gasteiger partial charge in [-0.3, -0.25) is 9.48 Å². The van der Waals surface area contributed by atoms with Crippen molar-refractivity contribution in [2.75, 3.05) is 25.9 Å². The molecule has 0 aliphatic carbocycles. The molecule has 3 rings (SSSR count). The zero-order valence-electron chi connectivity index (χ0n) is 13.2. The Bertz CT molecular complexity index is 760. The fourth-order valence-electron chi connectivity index (χ4n) is 2.69. The lowest BCUT2D eigenvalue weighted by Gasteiger charge is -2.15. The summed E-state index contributed by atoms with van der Waals surface area (Å²) in [4.78, 5) is 13.3. The predicted molar refractivity (Wildman–Crippen MR) is 84.8 cm³/mol. The number of nitrogens with zero attached hydrogens (tertiary/aromatic N) is 3. The summed E-state index contributed by atoms with van der Waals surface area (Å²) in [5.41, 5.74) is 7.95. The minimum Gasteiger partial charge on any atom is -0.497 e. The molecule has 8 heteroatoms. The van der Waals surface area contributed by atoms with E-state index in [0.29, 0.717) is 11.4 Å². The second kappa shape index (κ2) is 6.10. The van der Waals surface area contributed by atoms with Crippen molar-refractivity contribution in [3.05, 3.63) is 30.6 Å². The number of hydrogen-bond donors (Lipinski definition) is 1. The number of ether oxygens (including phenoxy) is 1. The summed E-state index contributed by atoms with van der Waals surface area (Å²) in [6, 6.07) is 5.28. The molecule has 0 unspecified atom stereocenters. The highest BCUT2D eigenvalue weighted by molar-refractivity contribution is 5.76. The van der Waals surface area contributed by atoms with Crippen LogP contribution in [0.25, 0.3) is 11.1 Å².